The molecule has 0 fully saturated rings. The first-order valence-electron chi connectivity index (χ1n) is 13.7. The van der Waals surface area contributed by atoms with Crippen LogP contribution in [0.3, 0.4) is 0 Å². The summed E-state index contributed by atoms with van der Waals surface area (Å²) in [7, 11) is 1.51. The van der Waals surface area contributed by atoms with Gasteiger partial charge in [0, 0.05) is 19.2 Å². The predicted molar refractivity (Wildman–Crippen MR) is 149 cm³/mol. The summed E-state index contributed by atoms with van der Waals surface area (Å²) in [5, 5.41) is 12.3. The third kappa shape index (κ3) is 7.58. The van der Waals surface area contributed by atoms with Gasteiger partial charge in [-0.05, 0) is 54.8 Å². The number of likely N-dealkylation sites (N-methyl/N-ethyl adjacent to an activating group) is 1. The highest BCUT2D eigenvalue weighted by molar-refractivity contribution is 5.89. The van der Waals surface area contributed by atoms with E-state index in [2.05, 4.69) is 5.32 Å². The summed E-state index contributed by atoms with van der Waals surface area (Å²) < 4.78 is 96.1. The Kier molecular flexibility index (Phi) is 12.1. The van der Waals surface area contributed by atoms with Gasteiger partial charge in [-0.2, -0.15) is 26.3 Å². The van der Waals surface area contributed by atoms with Crippen molar-refractivity contribution in [3.8, 4) is 17.2 Å². The monoisotopic (exact) mass is 634 g/mol. The molecule has 2 N–H and O–H groups in total. The van der Waals surface area contributed by atoms with Gasteiger partial charge in [-0.25, -0.2) is 0 Å². The molecule has 244 valence electrons. The molecule has 44 heavy (non-hydrogen) atoms. The van der Waals surface area contributed by atoms with Crippen molar-refractivity contribution in [1.82, 2.24) is 10.2 Å². The number of aryl methyl sites for hydroxylation is 1. The molecular weight excluding hydrogens is 598 g/mol. The lowest BCUT2D eigenvalue weighted by atomic mass is 9.90. The molecule has 0 spiro atoms. The molecule has 14 heteroatoms. The van der Waals surface area contributed by atoms with Crippen LogP contribution in [0.1, 0.15) is 50.8 Å². The molecule has 1 aliphatic rings. The molecule has 0 aromatic heterocycles. The van der Waals surface area contributed by atoms with E-state index in [9.17, 15) is 41.0 Å². The minimum atomic E-state index is -6.00. The van der Waals surface area contributed by atoms with Crippen LogP contribution in [0.2, 0.25) is 0 Å². The maximum Gasteiger partial charge on any atom is 0.430 e. The van der Waals surface area contributed by atoms with Gasteiger partial charge >= 0.3 is 12.4 Å². The van der Waals surface area contributed by atoms with Crippen LogP contribution in [-0.4, -0.2) is 61.7 Å². The minimum absolute atomic E-state index is 0.0325. The lowest BCUT2D eigenvalue weighted by Crippen LogP contribution is -2.53. The van der Waals surface area contributed by atoms with Crippen molar-refractivity contribution in [3.05, 3.63) is 65.2 Å². The fraction of sp³-hybridized carbons (Fsp3) is 0.467. The number of benzene rings is 2. The van der Waals surface area contributed by atoms with Crippen molar-refractivity contribution in [3.63, 3.8) is 0 Å². The van der Waals surface area contributed by atoms with Crippen LogP contribution in [0.4, 0.5) is 26.3 Å². The number of aliphatic hydroxyl groups is 1. The van der Waals surface area contributed by atoms with E-state index in [0.717, 1.165) is 6.07 Å². The predicted octanol–water partition coefficient (Wildman–Crippen LogP) is 5.76. The quantitative estimate of drug-likeness (QED) is 0.175. The molecule has 0 radical (unpaired) electrons. The second-order valence-electron chi connectivity index (χ2n) is 9.70. The second-order valence-corrected chi connectivity index (χ2v) is 9.70. The molecule has 2 aromatic rings. The van der Waals surface area contributed by atoms with Crippen molar-refractivity contribution in [2.75, 3.05) is 27.0 Å². The smallest absolute Gasteiger partial charge is 0.430 e. The number of fused-ring (bicyclic) bond motifs is 1. The molecule has 8 nitrogen and oxygen atoms in total. The van der Waals surface area contributed by atoms with Crippen LogP contribution in [-0.2, 0) is 27.1 Å². The van der Waals surface area contributed by atoms with Crippen molar-refractivity contribution in [1.29, 1.82) is 0 Å². The molecule has 2 aromatic carbocycles. The van der Waals surface area contributed by atoms with E-state index >= 15 is 0 Å². The fourth-order valence-corrected chi connectivity index (χ4v) is 4.40. The van der Waals surface area contributed by atoms with E-state index < -0.39 is 35.0 Å². The minimum Gasteiger partial charge on any atom is -0.489 e. The van der Waals surface area contributed by atoms with E-state index in [1.54, 1.807) is 31.2 Å². The van der Waals surface area contributed by atoms with E-state index in [4.69, 9.17) is 14.2 Å². The van der Waals surface area contributed by atoms with Crippen molar-refractivity contribution >= 4 is 12.3 Å². The lowest BCUT2D eigenvalue weighted by Gasteiger charge is -2.33. The molecule has 3 rings (SSSR count). The number of amides is 2. The van der Waals surface area contributed by atoms with E-state index in [1.807, 2.05) is 13.8 Å². The molecule has 1 aliphatic heterocycles. The number of ether oxygens (including phenoxy) is 3. The zero-order valence-corrected chi connectivity index (χ0v) is 24.9. The number of alkyl halides is 6. The topological polar surface area (TPSA) is 97.3 Å². The zero-order chi connectivity index (χ0) is 33.3. The number of hydrogen-bond acceptors (Lipinski definition) is 6. The average molecular weight is 635 g/mol. The Morgan fingerprint density at radius 2 is 1.61 bits per heavy atom. The van der Waals surface area contributed by atoms with Crippen LogP contribution >= 0.6 is 0 Å². The normalized spacial score (nSPS) is 14.4. The Hall–Kier alpha value is -3.94. The zero-order valence-electron chi connectivity index (χ0n) is 24.9. The molecule has 0 saturated carbocycles. The highest BCUT2D eigenvalue weighted by Gasteiger charge is 2.71. The Labute approximate surface area is 251 Å². The van der Waals surface area contributed by atoms with Crippen LogP contribution in [0.15, 0.2) is 48.6 Å². The lowest BCUT2D eigenvalue weighted by molar-refractivity contribution is -0.376. The van der Waals surface area contributed by atoms with Crippen LogP contribution in [0.25, 0.3) is 0 Å². The first-order chi connectivity index (χ1) is 20.6. The third-order valence-electron chi connectivity index (χ3n) is 6.77. The molecule has 1 heterocycles. The number of halogens is 6. The molecular formula is C30H36F6N2O6. The number of nitrogens with zero attached hydrogens (tertiary/aromatic N) is 1. The van der Waals surface area contributed by atoms with E-state index in [0.29, 0.717) is 42.0 Å². The van der Waals surface area contributed by atoms with Crippen LogP contribution < -0.4 is 19.5 Å². The summed E-state index contributed by atoms with van der Waals surface area (Å²) in [6.45, 7) is 7.20. The maximum absolute atomic E-state index is 13.3. The van der Waals surface area contributed by atoms with Gasteiger partial charge in [-0.15, -0.1) is 0 Å². The van der Waals surface area contributed by atoms with Gasteiger partial charge in [0.1, 0.15) is 17.9 Å². The van der Waals surface area contributed by atoms with Gasteiger partial charge in [0.05, 0.1) is 0 Å². The van der Waals surface area contributed by atoms with Crippen molar-refractivity contribution in [2.45, 2.75) is 64.0 Å². The number of nitrogens with one attached hydrogen (secondary N) is 1. The summed E-state index contributed by atoms with van der Waals surface area (Å²) in [6, 6.07) is 6.98. The molecule has 0 bridgehead atoms. The van der Waals surface area contributed by atoms with E-state index in [-0.39, 0.29) is 37.7 Å². The molecule has 1 atom stereocenters. The molecule has 0 saturated heterocycles. The van der Waals surface area contributed by atoms with Crippen molar-refractivity contribution in [2.24, 2.45) is 0 Å². The summed E-state index contributed by atoms with van der Waals surface area (Å²) in [5.74, 6) is 0.522. The number of carbonyl (C=O) groups excluding carboxylic acids is 2. The molecule has 1 unspecified atom stereocenters. The van der Waals surface area contributed by atoms with Gasteiger partial charge in [0.2, 0.25) is 13.2 Å². The van der Waals surface area contributed by atoms with Crippen LogP contribution in [0.5, 0.6) is 17.2 Å². The summed E-state index contributed by atoms with van der Waals surface area (Å²) in [5.41, 5.74) is -7.32. The van der Waals surface area contributed by atoms with Gasteiger partial charge in [-0.3, -0.25) is 9.59 Å². The summed E-state index contributed by atoms with van der Waals surface area (Å²) >= 11 is 0. The highest BCUT2D eigenvalue weighted by atomic mass is 19.4. The SMILES string of the molecule is CC.CCCc1cc(C(O)(C(F)(F)F)C(F)(F)F)ccc1OC/C=C/CN(C)C(=O)C(C)(NC=O)c1ccc2c(c1)OCO2. The summed E-state index contributed by atoms with van der Waals surface area (Å²) in [4.78, 5) is 26.0. The van der Waals surface area contributed by atoms with Crippen LogP contribution in [0, 0.1) is 0 Å². The highest BCUT2D eigenvalue weighted by Crippen LogP contribution is 2.50. The standard InChI is InChI=1S/C28H30F6N2O6.C2H6/c1-4-7-18-14-20(26(39,27(29,30)31)28(32,33)34)9-10-21(18)40-13-6-5-12-36(3)24(38)25(2,35-16-37)19-8-11-22-23(15-19)42-17-41-22;1-2/h5-6,8-11,14-16,39H,4,7,12-13,17H2,1-3H3,(H,35,37);1-2H3/b6-5+;. The average Bonchev–Trinajstić information content (AvgIpc) is 3.45. The van der Waals surface area contributed by atoms with Gasteiger partial charge in [-0.1, -0.05) is 45.4 Å². The number of hydrogen-bond donors (Lipinski definition) is 2. The third-order valence-corrected chi connectivity index (χ3v) is 6.77. The molecule has 0 aliphatic carbocycles. The first kappa shape index (κ1) is 36.3. The van der Waals surface area contributed by atoms with Crippen molar-refractivity contribution < 1.29 is 55.2 Å². The Morgan fingerprint density at radius 3 is 2.20 bits per heavy atom. The number of rotatable bonds is 12. The van der Waals surface area contributed by atoms with Gasteiger partial charge in [0.15, 0.2) is 11.5 Å². The van der Waals surface area contributed by atoms with E-state index in [1.165, 1.54) is 24.9 Å². The summed E-state index contributed by atoms with van der Waals surface area (Å²) in [6.07, 6.45) is -8.02. The second kappa shape index (κ2) is 14.7. The maximum atomic E-state index is 13.3. The number of carbonyl (C=O) groups is 2. The molecule has 2 amide bonds. The Bertz CT molecular complexity index is 1300. The van der Waals surface area contributed by atoms with Gasteiger partial charge in [0.25, 0.3) is 11.5 Å². The first-order valence-corrected chi connectivity index (χ1v) is 13.7. The largest absolute Gasteiger partial charge is 0.489 e. The fourth-order valence-electron chi connectivity index (χ4n) is 4.40. The Balaban J connectivity index is 0.00000330. The van der Waals surface area contributed by atoms with Gasteiger partial charge < -0.3 is 29.5 Å². The Morgan fingerprint density at radius 1 is 1.00 bits per heavy atom.